The molecule has 10 heteroatoms. The molecule has 8 nitrogen and oxygen atoms in total. The van der Waals surface area contributed by atoms with E-state index in [2.05, 4.69) is 22.9 Å². The number of methoxy groups -OCH3 is 1. The van der Waals surface area contributed by atoms with Crippen molar-refractivity contribution in [3.05, 3.63) is 64.6 Å². The number of para-hydroxylation sites is 1. The average Bonchev–Trinajstić information content (AvgIpc) is 3.32. The minimum absolute atomic E-state index is 0.0163. The number of amides is 1. The Bertz CT molecular complexity index is 1430. The van der Waals surface area contributed by atoms with E-state index in [1.165, 1.54) is 18.1 Å². The zero-order valence-corrected chi connectivity index (χ0v) is 26.0. The number of nitrogens with one attached hydrogen (secondary N) is 1. The highest BCUT2D eigenvalue weighted by Gasteiger charge is 2.38. The lowest BCUT2D eigenvalue weighted by atomic mass is 9.86. The molecule has 1 aromatic heterocycles. The number of aromatic amines is 1. The van der Waals surface area contributed by atoms with Gasteiger partial charge in [0.25, 0.3) is 0 Å². The van der Waals surface area contributed by atoms with Gasteiger partial charge in [-0.25, -0.2) is 9.18 Å². The number of halogens is 2. The van der Waals surface area contributed by atoms with E-state index in [9.17, 15) is 14.0 Å². The minimum Gasteiger partial charge on any atom is -0.491 e. The van der Waals surface area contributed by atoms with Crippen molar-refractivity contribution < 1.29 is 32.6 Å². The molecule has 0 unspecified atom stereocenters. The Morgan fingerprint density at radius 3 is 2.58 bits per heavy atom. The van der Waals surface area contributed by atoms with Gasteiger partial charge in [0, 0.05) is 41.3 Å². The van der Waals surface area contributed by atoms with Crippen molar-refractivity contribution in [2.24, 2.45) is 0 Å². The van der Waals surface area contributed by atoms with Crippen LogP contribution >= 0.6 is 0 Å². The molecule has 1 N–H and O–H groups in total. The van der Waals surface area contributed by atoms with Crippen LogP contribution in [0, 0.1) is 12.7 Å². The molecule has 0 fully saturated rings. The van der Waals surface area contributed by atoms with E-state index >= 15 is 4.39 Å². The summed E-state index contributed by atoms with van der Waals surface area (Å²) >= 11 is 0. The van der Waals surface area contributed by atoms with Gasteiger partial charge in [0.1, 0.15) is 23.8 Å². The number of nitrogens with zero attached hydrogens (tertiary/aromatic N) is 2. The summed E-state index contributed by atoms with van der Waals surface area (Å²) in [5.74, 6) is -0.227. The highest BCUT2D eigenvalue weighted by atomic mass is 19.1. The third-order valence-electron chi connectivity index (χ3n) is 7.84. The van der Waals surface area contributed by atoms with Crippen LogP contribution in [0.1, 0.15) is 69.0 Å². The Labute approximate surface area is 252 Å². The predicted molar refractivity (Wildman–Crippen MR) is 162 cm³/mol. The first-order chi connectivity index (χ1) is 20.4. The molecule has 0 aliphatic carbocycles. The van der Waals surface area contributed by atoms with Crippen molar-refractivity contribution in [3.8, 4) is 5.75 Å². The number of benzene rings is 2. The van der Waals surface area contributed by atoms with Gasteiger partial charge in [-0.15, -0.1) is 0 Å². The lowest BCUT2D eigenvalue weighted by Crippen LogP contribution is -2.44. The molecule has 4 rings (SSSR count). The number of H-pyrrole nitrogens is 1. The van der Waals surface area contributed by atoms with Crippen LogP contribution < -0.4 is 4.74 Å². The molecule has 2 atom stereocenters. The van der Waals surface area contributed by atoms with Crippen molar-refractivity contribution in [1.29, 1.82) is 0 Å². The summed E-state index contributed by atoms with van der Waals surface area (Å²) < 4.78 is 45.3. The van der Waals surface area contributed by atoms with E-state index in [4.69, 9.17) is 14.2 Å². The predicted octanol–water partition coefficient (Wildman–Crippen LogP) is 6.49. The molecule has 3 aromatic rings. The van der Waals surface area contributed by atoms with Gasteiger partial charge in [0.15, 0.2) is 0 Å². The Kier molecular flexibility index (Phi) is 10.3. The van der Waals surface area contributed by atoms with Crippen molar-refractivity contribution in [2.75, 3.05) is 40.0 Å². The van der Waals surface area contributed by atoms with Crippen molar-refractivity contribution in [2.45, 2.75) is 71.6 Å². The fourth-order valence-electron chi connectivity index (χ4n) is 5.79. The highest BCUT2D eigenvalue weighted by Crippen LogP contribution is 2.44. The number of hydrogen-bond donors (Lipinski definition) is 1. The number of hydrogen-bond acceptors (Lipinski definition) is 6. The van der Waals surface area contributed by atoms with Crippen molar-refractivity contribution >= 4 is 23.0 Å². The van der Waals surface area contributed by atoms with Gasteiger partial charge >= 0.3 is 12.1 Å². The van der Waals surface area contributed by atoms with Gasteiger partial charge in [0.2, 0.25) is 0 Å². The lowest BCUT2D eigenvalue weighted by molar-refractivity contribution is -0.141. The number of fused-ring (bicyclic) bond motifs is 3. The van der Waals surface area contributed by atoms with E-state index in [0.717, 1.165) is 28.6 Å². The topological polar surface area (TPSA) is 84.1 Å². The first-order valence-corrected chi connectivity index (χ1v) is 14.8. The zero-order chi connectivity index (χ0) is 31.3. The number of esters is 1. The second-order valence-corrected chi connectivity index (χ2v) is 12.0. The fraction of sp³-hybridized carbons (Fsp3) is 0.515. The molecule has 1 aliphatic heterocycles. The Balaban J connectivity index is 1.66. The smallest absolute Gasteiger partial charge is 0.410 e. The van der Waals surface area contributed by atoms with Crippen molar-refractivity contribution in [3.63, 3.8) is 0 Å². The van der Waals surface area contributed by atoms with Crippen LogP contribution in [0.15, 0.2) is 36.4 Å². The summed E-state index contributed by atoms with van der Waals surface area (Å²) in [6.45, 7) is 9.56. The first kappa shape index (κ1) is 32.3. The second kappa shape index (κ2) is 13.8. The SMILES string of the molecule is COC(=O)CCN1[C@H](c2c(F)ccc(OCCN(CCCF)C(=O)OC(C)(C)C)c2C)c2[nH]c3ccccc3c2C[C@H]1C. The number of rotatable bonds is 11. The summed E-state index contributed by atoms with van der Waals surface area (Å²) in [6.07, 6.45) is 0.563. The molecule has 2 heterocycles. The van der Waals surface area contributed by atoms with Gasteiger partial charge < -0.3 is 24.1 Å². The van der Waals surface area contributed by atoms with Gasteiger partial charge in [-0.3, -0.25) is 14.1 Å². The van der Waals surface area contributed by atoms with Gasteiger partial charge in [-0.1, -0.05) is 18.2 Å². The van der Waals surface area contributed by atoms with E-state index in [-0.39, 0.29) is 50.4 Å². The van der Waals surface area contributed by atoms with Crippen LogP contribution in [-0.4, -0.2) is 78.5 Å². The minimum atomic E-state index is -0.688. The van der Waals surface area contributed by atoms with E-state index in [1.807, 2.05) is 25.1 Å². The molecule has 0 bridgehead atoms. The van der Waals surface area contributed by atoms with E-state index < -0.39 is 24.4 Å². The number of aromatic nitrogens is 1. The zero-order valence-electron chi connectivity index (χ0n) is 26.0. The van der Waals surface area contributed by atoms with E-state index in [0.29, 0.717) is 23.4 Å². The molecular formula is C33H43F2N3O5. The third kappa shape index (κ3) is 7.47. The molecule has 234 valence electrons. The number of ether oxygens (including phenoxy) is 3. The number of carbonyl (C=O) groups is 2. The van der Waals surface area contributed by atoms with Gasteiger partial charge in [-0.05, 0) is 76.8 Å². The fourth-order valence-corrected chi connectivity index (χ4v) is 5.79. The van der Waals surface area contributed by atoms with Crippen LogP contribution in [-0.2, 0) is 20.7 Å². The summed E-state index contributed by atoms with van der Waals surface area (Å²) in [5.41, 5.74) is 3.40. The Morgan fingerprint density at radius 1 is 1.14 bits per heavy atom. The Hall–Kier alpha value is -3.66. The van der Waals surface area contributed by atoms with Crippen LogP contribution in [0.3, 0.4) is 0 Å². The molecule has 0 saturated carbocycles. The maximum Gasteiger partial charge on any atom is 0.410 e. The normalized spacial score (nSPS) is 17.0. The molecule has 0 radical (unpaired) electrons. The van der Waals surface area contributed by atoms with Crippen LogP contribution in [0.25, 0.3) is 10.9 Å². The Morgan fingerprint density at radius 2 is 1.88 bits per heavy atom. The summed E-state index contributed by atoms with van der Waals surface area (Å²) in [6, 6.07) is 10.5. The average molecular weight is 600 g/mol. The highest BCUT2D eigenvalue weighted by molar-refractivity contribution is 5.85. The monoisotopic (exact) mass is 599 g/mol. The maximum atomic E-state index is 15.9. The summed E-state index contributed by atoms with van der Waals surface area (Å²) in [7, 11) is 1.36. The largest absolute Gasteiger partial charge is 0.491 e. The first-order valence-electron chi connectivity index (χ1n) is 14.8. The van der Waals surface area contributed by atoms with Crippen LogP contribution in [0.5, 0.6) is 5.75 Å². The summed E-state index contributed by atoms with van der Waals surface area (Å²) in [5, 5.41) is 1.10. The van der Waals surface area contributed by atoms with E-state index in [1.54, 1.807) is 26.8 Å². The van der Waals surface area contributed by atoms with Crippen LogP contribution in [0.2, 0.25) is 0 Å². The molecular weight excluding hydrogens is 556 g/mol. The maximum absolute atomic E-state index is 15.9. The quantitative estimate of drug-likeness (QED) is 0.254. The van der Waals surface area contributed by atoms with Gasteiger partial charge in [-0.2, -0.15) is 0 Å². The molecule has 0 spiro atoms. The van der Waals surface area contributed by atoms with Crippen molar-refractivity contribution in [1.82, 2.24) is 14.8 Å². The molecule has 1 amide bonds. The van der Waals surface area contributed by atoms with Gasteiger partial charge in [0.05, 0.1) is 32.8 Å². The standard InChI is InChI=1S/C33H43F2N3O5/c1-21-20-24-23-10-7-8-11-26(23)36-30(24)31(38(21)17-14-28(39)41-6)29-22(2)27(13-12-25(29)35)42-19-18-37(16-9-15-34)32(40)43-33(3,4)5/h7-8,10-13,21,31,36H,9,14-20H2,1-6H3/t21-,31-/m1/s1. The summed E-state index contributed by atoms with van der Waals surface area (Å²) in [4.78, 5) is 32.0. The third-order valence-corrected chi connectivity index (χ3v) is 7.84. The number of alkyl halides is 1. The second-order valence-electron chi connectivity index (χ2n) is 12.0. The number of carbonyl (C=O) groups excluding carboxylic acids is 2. The lowest BCUT2D eigenvalue weighted by Gasteiger charge is -2.41. The molecule has 43 heavy (non-hydrogen) atoms. The molecule has 1 aliphatic rings. The molecule has 0 saturated heterocycles. The van der Waals surface area contributed by atoms with Crippen LogP contribution in [0.4, 0.5) is 13.6 Å². The molecule has 2 aromatic carbocycles.